The smallest absolute Gasteiger partial charge is 0.300 e. The molecule has 1 aliphatic heterocycles. The summed E-state index contributed by atoms with van der Waals surface area (Å²) < 4.78 is 31.1. The number of anilines is 1. The van der Waals surface area contributed by atoms with Crippen molar-refractivity contribution in [1.29, 1.82) is 0 Å². The quantitative estimate of drug-likeness (QED) is 0.624. The van der Waals surface area contributed by atoms with Gasteiger partial charge >= 0.3 is 5.92 Å². The summed E-state index contributed by atoms with van der Waals surface area (Å²) in [6, 6.07) is 1.43. The van der Waals surface area contributed by atoms with Gasteiger partial charge in [0.15, 0.2) is 6.61 Å². The molecule has 2 rings (SSSR count). The Labute approximate surface area is 66.9 Å². The lowest BCUT2D eigenvalue weighted by Gasteiger charge is -2.22. The molecule has 0 unspecified atom stereocenters. The summed E-state index contributed by atoms with van der Waals surface area (Å²) in [4.78, 5) is 0. The first-order chi connectivity index (χ1) is 5.57. The van der Waals surface area contributed by atoms with Gasteiger partial charge < -0.3 is 10.5 Å². The average molecular weight is 175 g/mol. The molecule has 0 saturated heterocycles. The second kappa shape index (κ2) is 2.09. The van der Waals surface area contributed by atoms with Gasteiger partial charge in [0, 0.05) is 6.07 Å². The molecule has 0 spiro atoms. The number of hydrogen-bond donors (Lipinski definition) is 1. The zero-order chi connectivity index (χ0) is 8.77. The predicted molar refractivity (Wildman–Crippen MR) is 37.1 cm³/mol. The second-order valence-electron chi connectivity index (χ2n) is 2.71. The number of halogens is 2. The number of fused-ring (bicyclic) bond motifs is 1. The van der Waals surface area contributed by atoms with Crippen molar-refractivity contribution in [3.8, 4) is 5.88 Å². The van der Waals surface area contributed by atoms with Crippen molar-refractivity contribution < 1.29 is 13.5 Å². The molecule has 0 fully saturated rings. The zero-order valence-corrected chi connectivity index (χ0v) is 6.13. The first-order valence-electron chi connectivity index (χ1n) is 3.41. The average Bonchev–Trinajstić information content (AvgIpc) is 2.26. The number of ether oxygens (including phenoxy) is 1. The van der Waals surface area contributed by atoms with Crippen LogP contribution >= 0.6 is 0 Å². The van der Waals surface area contributed by atoms with Gasteiger partial charge in [-0.15, -0.1) is 0 Å². The van der Waals surface area contributed by atoms with Crippen LogP contribution in [0.2, 0.25) is 0 Å². The molecule has 66 valence electrons. The van der Waals surface area contributed by atoms with Crippen molar-refractivity contribution >= 4 is 5.82 Å². The van der Waals surface area contributed by atoms with E-state index in [4.69, 9.17) is 10.5 Å². The van der Waals surface area contributed by atoms with Gasteiger partial charge in [0.2, 0.25) is 5.88 Å². The van der Waals surface area contributed by atoms with Crippen molar-refractivity contribution in [3.05, 3.63) is 6.07 Å². The molecule has 1 aromatic rings. The molecule has 2 heterocycles. The largest absolute Gasteiger partial charge is 0.471 e. The number of hydrogen-bond acceptors (Lipinski definition) is 3. The third-order valence-corrected chi connectivity index (χ3v) is 1.57. The molecule has 6 heteroatoms. The fourth-order valence-electron chi connectivity index (χ4n) is 1.09. The summed E-state index contributed by atoms with van der Waals surface area (Å²) in [7, 11) is 0. The molecular formula is C6H7F2N3O. The van der Waals surface area contributed by atoms with Crippen molar-refractivity contribution in [1.82, 2.24) is 9.78 Å². The molecule has 1 aromatic heterocycles. The highest BCUT2D eigenvalue weighted by atomic mass is 19.3. The molecule has 4 nitrogen and oxygen atoms in total. The van der Waals surface area contributed by atoms with Crippen LogP contribution in [0.15, 0.2) is 6.07 Å². The normalized spacial score (nSPS) is 19.8. The highest BCUT2D eigenvalue weighted by Crippen LogP contribution is 2.27. The van der Waals surface area contributed by atoms with Crippen molar-refractivity contribution in [3.63, 3.8) is 0 Å². The molecule has 0 amide bonds. The minimum atomic E-state index is -2.84. The topological polar surface area (TPSA) is 53.1 Å². The van der Waals surface area contributed by atoms with Crippen molar-refractivity contribution in [2.24, 2.45) is 0 Å². The van der Waals surface area contributed by atoms with Gasteiger partial charge in [-0.05, 0) is 0 Å². The summed E-state index contributed by atoms with van der Waals surface area (Å²) >= 11 is 0. The fraction of sp³-hybridized carbons (Fsp3) is 0.500. The maximum Gasteiger partial charge on any atom is 0.300 e. The molecule has 0 aliphatic carbocycles. The summed E-state index contributed by atoms with van der Waals surface area (Å²) in [6.07, 6.45) is 0. The van der Waals surface area contributed by atoms with Crippen LogP contribution in [-0.2, 0) is 6.54 Å². The van der Waals surface area contributed by atoms with Gasteiger partial charge in [-0.3, -0.25) is 0 Å². The lowest BCUT2D eigenvalue weighted by Crippen LogP contribution is -2.36. The predicted octanol–water partition coefficient (Wildman–Crippen LogP) is 0.493. The highest BCUT2D eigenvalue weighted by molar-refractivity contribution is 5.33. The first kappa shape index (κ1) is 7.33. The zero-order valence-electron chi connectivity index (χ0n) is 6.13. The first-order valence-corrected chi connectivity index (χ1v) is 3.41. The Morgan fingerprint density at radius 1 is 1.67 bits per heavy atom. The van der Waals surface area contributed by atoms with Gasteiger partial charge in [0.05, 0.1) is 0 Å². The van der Waals surface area contributed by atoms with E-state index in [2.05, 4.69) is 5.10 Å². The van der Waals surface area contributed by atoms with Gasteiger partial charge in [-0.1, -0.05) is 0 Å². The van der Waals surface area contributed by atoms with Crippen LogP contribution in [0.4, 0.5) is 14.6 Å². The Bertz CT molecular complexity index is 310. The van der Waals surface area contributed by atoms with Gasteiger partial charge in [0.25, 0.3) is 0 Å². The van der Waals surface area contributed by atoms with Crippen LogP contribution in [0.25, 0.3) is 0 Å². The molecule has 0 atom stereocenters. The van der Waals surface area contributed by atoms with Crippen molar-refractivity contribution in [2.75, 3.05) is 12.3 Å². The summed E-state index contributed by atoms with van der Waals surface area (Å²) in [5, 5.41) is 3.64. The SMILES string of the molecule is Nc1cc2n(n1)CC(F)(F)CO2. The number of nitrogens with two attached hydrogens (primary N) is 1. The Morgan fingerprint density at radius 3 is 3.17 bits per heavy atom. The summed E-state index contributed by atoms with van der Waals surface area (Å²) in [5.41, 5.74) is 5.29. The molecule has 2 N–H and O–H groups in total. The van der Waals surface area contributed by atoms with Crippen LogP contribution in [0.3, 0.4) is 0 Å². The number of aromatic nitrogens is 2. The van der Waals surface area contributed by atoms with Crippen molar-refractivity contribution in [2.45, 2.75) is 12.5 Å². The molecule has 12 heavy (non-hydrogen) atoms. The van der Waals surface area contributed by atoms with E-state index in [-0.39, 0.29) is 5.82 Å². The Morgan fingerprint density at radius 2 is 2.42 bits per heavy atom. The Balaban J connectivity index is 2.34. The lowest BCUT2D eigenvalue weighted by atomic mass is 10.3. The molecule has 0 radical (unpaired) electrons. The number of rotatable bonds is 0. The Hall–Kier alpha value is -1.33. The maximum absolute atomic E-state index is 12.7. The fourth-order valence-corrected chi connectivity index (χ4v) is 1.09. The summed E-state index contributed by atoms with van der Waals surface area (Å²) in [6.45, 7) is -1.06. The van der Waals surface area contributed by atoms with Gasteiger partial charge in [-0.2, -0.15) is 5.10 Å². The van der Waals surface area contributed by atoms with E-state index in [1.54, 1.807) is 0 Å². The lowest BCUT2D eigenvalue weighted by molar-refractivity contribution is -0.0794. The molecule has 0 saturated carbocycles. The van der Waals surface area contributed by atoms with E-state index >= 15 is 0 Å². The molecule has 0 bridgehead atoms. The molecule has 0 aromatic carbocycles. The van der Waals surface area contributed by atoms with E-state index < -0.39 is 19.1 Å². The van der Waals surface area contributed by atoms with Crippen LogP contribution < -0.4 is 10.5 Å². The third-order valence-electron chi connectivity index (χ3n) is 1.57. The van der Waals surface area contributed by atoms with Crippen LogP contribution in [0.5, 0.6) is 5.88 Å². The number of nitrogen functional groups attached to an aromatic ring is 1. The van der Waals surface area contributed by atoms with Crippen LogP contribution in [-0.4, -0.2) is 22.3 Å². The monoisotopic (exact) mass is 175 g/mol. The minimum Gasteiger partial charge on any atom is -0.471 e. The second-order valence-corrected chi connectivity index (χ2v) is 2.71. The summed E-state index contributed by atoms with van der Waals surface area (Å²) in [5.74, 6) is -2.34. The van der Waals surface area contributed by atoms with E-state index in [1.165, 1.54) is 6.07 Å². The molecular weight excluding hydrogens is 168 g/mol. The third kappa shape index (κ3) is 1.09. The van der Waals surface area contributed by atoms with E-state index in [0.717, 1.165) is 4.68 Å². The van der Waals surface area contributed by atoms with Gasteiger partial charge in [0.1, 0.15) is 12.4 Å². The van der Waals surface area contributed by atoms with Crippen LogP contribution in [0.1, 0.15) is 0 Å². The van der Waals surface area contributed by atoms with E-state index in [0.29, 0.717) is 5.88 Å². The Kier molecular flexibility index (Phi) is 1.27. The van der Waals surface area contributed by atoms with Crippen LogP contribution in [0, 0.1) is 0 Å². The minimum absolute atomic E-state index is 0.197. The standard InChI is InChI=1S/C6H7F2N3O/c7-6(8)2-11-5(12-3-6)1-4(9)10-11/h1H,2-3H2,(H2,9,10). The van der Waals surface area contributed by atoms with Gasteiger partial charge in [-0.25, -0.2) is 13.5 Å². The molecule has 1 aliphatic rings. The number of alkyl halides is 2. The number of nitrogens with zero attached hydrogens (tertiary/aromatic N) is 2. The maximum atomic E-state index is 12.7. The highest BCUT2D eigenvalue weighted by Gasteiger charge is 2.36. The van der Waals surface area contributed by atoms with E-state index in [1.807, 2.05) is 0 Å². The van der Waals surface area contributed by atoms with E-state index in [9.17, 15) is 8.78 Å².